The number of hydrazine groups is 1. The van der Waals surface area contributed by atoms with Crippen molar-refractivity contribution in [3.63, 3.8) is 0 Å². The predicted molar refractivity (Wildman–Crippen MR) is 68.8 cm³/mol. The number of halogens is 2. The fourth-order valence-electron chi connectivity index (χ4n) is 1.83. The number of hydrogen-bond acceptors (Lipinski definition) is 4. The Morgan fingerprint density at radius 2 is 2.00 bits per heavy atom. The van der Waals surface area contributed by atoms with Crippen molar-refractivity contribution in [2.24, 2.45) is 5.84 Å². The first-order valence-corrected chi connectivity index (χ1v) is 5.71. The largest absolute Gasteiger partial charge is 0.398 e. The number of hydrogen-bond donors (Lipinski definition) is 3. The molecule has 0 aliphatic heterocycles. The number of anilines is 1. The number of nitrogens with one attached hydrogen (secondary N) is 1. The van der Waals surface area contributed by atoms with Crippen LogP contribution in [-0.4, -0.2) is 4.98 Å². The summed E-state index contributed by atoms with van der Waals surface area (Å²) < 4.78 is 26.1. The van der Waals surface area contributed by atoms with Crippen molar-refractivity contribution in [2.75, 3.05) is 5.73 Å². The van der Waals surface area contributed by atoms with Crippen LogP contribution in [-0.2, 0) is 6.42 Å². The van der Waals surface area contributed by atoms with Gasteiger partial charge < -0.3 is 5.73 Å². The van der Waals surface area contributed by atoms with Crippen LogP contribution in [0.2, 0.25) is 0 Å². The standard InChI is InChI=1S/C13H14F2N4/c14-10-2-1-8(5-11(10)15)13(19-17)6-9-7-18-4-3-12(9)16/h1-5,7,13,19H,6,17H2,(H2,16,18). The maximum Gasteiger partial charge on any atom is 0.159 e. The van der Waals surface area contributed by atoms with Crippen molar-refractivity contribution < 1.29 is 8.78 Å². The van der Waals surface area contributed by atoms with E-state index in [1.807, 2.05) is 0 Å². The molecule has 1 heterocycles. The summed E-state index contributed by atoms with van der Waals surface area (Å²) in [5.41, 5.74) is 10.3. The minimum absolute atomic E-state index is 0.374. The third kappa shape index (κ3) is 3.04. The van der Waals surface area contributed by atoms with Gasteiger partial charge in [-0.25, -0.2) is 8.78 Å². The summed E-state index contributed by atoms with van der Waals surface area (Å²) in [6.07, 6.45) is 3.64. The Balaban J connectivity index is 2.25. The molecule has 6 heteroatoms. The first-order chi connectivity index (χ1) is 9.11. The first kappa shape index (κ1) is 13.4. The van der Waals surface area contributed by atoms with Gasteiger partial charge in [0, 0.05) is 18.1 Å². The first-order valence-electron chi connectivity index (χ1n) is 5.71. The molecule has 0 amide bonds. The number of nitrogen functional groups attached to an aromatic ring is 1. The molecule has 0 fully saturated rings. The molecule has 1 atom stereocenters. The van der Waals surface area contributed by atoms with Gasteiger partial charge in [0.25, 0.3) is 0 Å². The Bertz CT molecular complexity index is 574. The van der Waals surface area contributed by atoms with Crippen LogP contribution in [0.25, 0.3) is 0 Å². The van der Waals surface area contributed by atoms with Crippen molar-refractivity contribution in [1.29, 1.82) is 0 Å². The van der Waals surface area contributed by atoms with Gasteiger partial charge >= 0.3 is 0 Å². The highest BCUT2D eigenvalue weighted by atomic mass is 19.2. The third-order valence-electron chi connectivity index (χ3n) is 2.91. The van der Waals surface area contributed by atoms with Crippen LogP contribution < -0.4 is 17.0 Å². The van der Waals surface area contributed by atoms with Crippen molar-refractivity contribution >= 4 is 5.69 Å². The Hall–Kier alpha value is -2.05. The molecule has 19 heavy (non-hydrogen) atoms. The van der Waals surface area contributed by atoms with Gasteiger partial charge in [0.05, 0.1) is 6.04 Å². The molecule has 1 aromatic heterocycles. The van der Waals surface area contributed by atoms with Crippen molar-refractivity contribution in [1.82, 2.24) is 10.4 Å². The lowest BCUT2D eigenvalue weighted by molar-refractivity contribution is 0.497. The van der Waals surface area contributed by atoms with Crippen LogP contribution >= 0.6 is 0 Å². The van der Waals surface area contributed by atoms with Gasteiger partial charge in [0.15, 0.2) is 11.6 Å². The molecule has 0 saturated heterocycles. The quantitative estimate of drug-likeness (QED) is 0.580. The molecule has 1 unspecified atom stereocenters. The van der Waals surface area contributed by atoms with Crippen LogP contribution in [0.4, 0.5) is 14.5 Å². The van der Waals surface area contributed by atoms with E-state index in [0.29, 0.717) is 17.7 Å². The molecular weight excluding hydrogens is 250 g/mol. The summed E-state index contributed by atoms with van der Waals surface area (Å²) in [6, 6.07) is 4.97. The van der Waals surface area contributed by atoms with Crippen LogP contribution in [0.1, 0.15) is 17.2 Å². The van der Waals surface area contributed by atoms with Crippen molar-refractivity contribution in [2.45, 2.75) is 12.5 Å². The number of benzene rings is 1. The Labute approximate surface area is 109 Å². The Morgan fingerprint density at radius 3 is 2.63 bits per heavy atom. The summed E-state index contributed by atoms with van der Waals surface area (Å²) in [5.74, 6) is 3.67. The monoisotopic (exact) mass is 264 g/mol. The molecule has 0 aliphatic rings. The minimum Gasteiger partial charge on any atom is -0.398 e. The summed E-state index contributed by atoms with van der Waals surface area (Å²) in [7, 11) is 0. The third-order valence-corrected chi connectivity index (χ3v) is 2.91. The van der Waals surface area contributed by atoms with E-state index in [0.717, 1.165) is 17.7 Å². The normalized spacial score (nSPS) is 12.4. The molecule has 0 spiro atoms. The molecule has 2 rings (SSSR count). The molecule has 1 aromatic carbocycles. The fourth-order valence-corrected chi connectivity index (χ4v) is 1.83. The zero-order valence-corrected chi connectivity index (χ0v) is 10.1. The second-order valence-electron chi connectivity index (χ2n) is 4.17. The van der Waals surface area contributed by atoms with Crippen LogP contribution in [0.15, 0.2) is 36.7 Å². The smallest absolute Gasteiger partial charge is 0.159 e. The molecule has 0 radical (unpaired) electrons. The van der Waals surface area contributed by atoms with Crippen LogP contribution in [0.3, 0.4) is 0 Å². The second-order valence-corrected chi connectivity index (χ2v) is 4.17. The number of nitrogens with zero attached hydrogens (tertiary/aromatic N) is 1. The number of nitrogens with two attached hydrogens (primary N) is 2. The number of rotatable bonds is 4. The maximum absolute atomic E-state index is 13.2. The average molecular weight is 264 g/mol. The van der Waals surface area contributed by atoms with Crippen molar-refractivity contribution in [3.05, 3.63) is 59.4 Å². The topological polar surface area (TPSA) is 77.0 Å². The molecular formula is C13H14F2N4. The van der Waals surface area contributed by atoms with Crippen LogP contribution in [0.5, 0.6) is 0 Å². The second kappa shape index (κ2) is 5.73. The summed E-state index contributed by atoms with van der Waals surface area (Å²) in [5, 5.41) is 0. The van der Waals surface area contributed by atoms with Crippen LogP contribution in [0, 0.1) is 11.6 Å². The molecule has 4 nitrogen and oxygen atoms in total. The summed E-state index contributed by atoms with van der Waals surface area (Å²) in [6.45, 7) is 0. The van der Waals surface area contributed by atoms with E-state index in [1.165, 1.54) is 6.07 Å². The molecule has 2 aromatic rings. The zero-order valence-electron chi connectivity index (χ0n) is 10.1. The Morgan fingerprint density at radius 1 is 1.21 bits per heavy atom. The van der Waals surface area contributed by atoms with Gasteiger partial charge in [-0.1, -0.05) is 6.07 Å². The SMILES string of the molecule is NNC(Cc1cnccc1N)c1ccc(F)c(F)c1. The van der Waals surface area contributed by atoms with E-state index >= 15 is 0 Å². The number of aromatic nitrogens is 1. The Kier molecular flexibility index (Phi) is 4.03. The zero-order chi connectivity index (χ0) is 13.8. The van der Waals surface area contributed by atoms with Crippen molar-refractivity contribution in [3.8, 4) is 0 Å². The van der Waals surface area contributed by atoms with E-state index in [2.05, 4.69) is 10.4 Å². The molecule has 0 aliphatic carbocycles. The van der Waals surface area contributed by atoms with E-state index < -0.39 is 11.6 Å². The minimum atomic E-state index is -0.906. The van der Waals surface area contributed by atoms with Gasteiger partial charge in [-0.05, 0) is 35.7 Å². The maximum atomic E-state index is 13.2. The predicted octanol–water partition coefficient (Wildman–Crippen LogP) is 1.69. The van der Waals surface area contributed by atoms with Gasteiger partial charge in [0.1, 0.15) is 0 Å². The van der Waals surface area contributed by atoms with E-state index in [1.54, 1.807) is 18.5 Å². The van der Waals surface area contributed by atoms with Gasteiger partial charge in [-0.2, -0.15) is 0 Å². The molecule has 100 valence electrons. The van der Waals surface area contributed by atoms with E-state index in [4.69, 9.17) is 11.6 Å². The van der Waals surface area contributed by atoms with E-state index in [-0.39, 0.29) is 6.04 Å². The van der Waals surface area contributed by atoms with E-state index in [9.17, 15) is 8.78 Å². The average Bonchev–Trinajstić information content (AvgIpc) is 2.41. The lowest BCUT2D eigenvalue weighted by Crippen LogP contribution is -2.30. The lowest BCUT2D eigenvalue weighted by atomic mass is 9.99. The summed E-state index contributed by atoms with van der Waals surface area (Å²) in [4.78, 5) is 3.98. The fraction of sp³-hybridized carbons (Fsp3) is 0.154. The molecule has 0 saturated carbocycles. The highest BCUT2D eigenvalue weighted by Gasteiger charge is 2.14. The molecule has 5 N–H and O–H groups in total. The highest BCUT2D eigenvalue weighted by Crippen LogP contribution is 2.22. The molecule has 0 bridgehead atoms. The number of pyridine rings is 1. The highest BCUT2D eigenvalue weighted by molar-refractivity contribution is 5.45. The van der Waals surface area contributed by atoms with Gasteiger partial charge in [-0.3, -0.25) is 16.3 Å². The van der Waals surface area contributed by atoms with Gasteiger partial charge in [-0.15, -0.1) is 0 Å². The van der Waals surface area contributed by atoms with Gasteiger partial charge in [0.2, 0.25) is 0 Å². The summed E-state index contributed by atoms with van der Waals surface area (Å²) >= 11 is 0. The lowest BCUT2D eigenvalue weighted by Gasteiger charge is -2.17.